The molecule has 2 heterocycles. The van der Waals surface area contributed by atoms with Gasteiger partial charge in [-0.25, -0.2) is 4.98 Å². The third kappa shape index (κ3) is 3.29. The molecule has 4 heteroatoms. The van der Waals surface area contributed by atoms with Crippen LogP contribution in [0.15, 0.2) is 36.7 Å². The van der Waals surface area contributed by atoms with E-state index in [9.17, 15) is 0 Å². The molecule has 19 heavy (non-hydrogen) atoms. The van der Waals surface area contributed by atoms with Crippen molar-refractivity contribution in [3.63, 3.8) is 0 Å². The summed E-state index contributed by atoms with van der Waals surface area (Å²) in [7, 11) is 0. The van der Waals surface area contributed by atoms with Crippen LogP contribution in [-0.4, -0.2) is 16.5 Å². The zero-order chi connectivity index (χ0) is 13.7. The van der Waals surface area contributed by atoms with Gasteiger partial charge in [0.05, 0.1) is 0 Å². The summed E-state index contributed by atoms with van der Waals surface area (Å²) in [5.74, 6) is 0.994. The fourth-order valence-electron chi connectivity index (χ4n) is 2.03. The van der Waals surface area contributed by atoms with Gasteiger partial charge in [-0.05, 0) is 43.2 Å². The number of hydrogen-bond acceptors (Lipinski definition) is 4. The fourth-order valence-corrected chi connectivity index (χ4v) is 2.03. The van der Waals surface area contributed by atoms with E-state index in [0.29, 0.717) is 6.54 Å². The number of nitrogens with two attached hydrogens (primary N) is 1. The Labute approximate surface area is 114 Å². The fraction of sp³-hybridized carbons (Fsp3) is 0.333. The Balaban J connectivity index is 2.20. The Morgan fingerprint density at radius 1 is 1.16 bits per heavy atom. The molecule has 0 aliphatic heterocycles. The van der Waals surface area contributed by atoms with Crippen molar-refractivity contribution in [2.45, 2.75) is 26.9 Å². The molecule has 0 aliphatic rings. The van der Waals surface area contributed by atoms with Gasteiger partial charge in [-0.15, -0.1) is 0 Å². The van der Waals surface area contributed by atoms with Crippen molar-refractivity contribution in [1.82, 2.24) is 9.97 Å². The van der Waals surface area contributed by atoms with Gasteiger partial charge in [0.25, 0.3) is 0 Å². The highest BCUT2D eigenvalue weighted by atomic mass is 15.2. The summed E-state index contributed by atoms with van der Waals surface area (Å²) in [5.41, 5.74) is 9.02. The molecule has 0 radical (unpaired) electrons. The Hall–Kier alpha value is -1.94. The molecule has 0 spiro atoms. The quantitative estimate of drug-likeness (QED) is 0.891. The molecule has 0 saturated heterocycles. The van der Waals surface area contributed by atoms with Gasteiger partial charge in [0.2, 0.25) is 0 Å². The number of anilines is 1. The van der Waals surface area contributed by atoms with Crippen LogP contribution in [0.5, 0.6) is 0 Å². The van der Waals surface area contributed by atoms with Gasteiger partial charge < -0.3 is 10.6 Å². The maximum Gasteiger partial charge on any atom is 0.129 e. The molecule has 4 nitrogen and oxygen atoms in total. The third-order valence-electron chi connectivity index (χ3n) is 3.23. The predicted molar refractivity (Wildman–Crippen MR) is 77.8 cm³/mol. The van der Waals surface area contributed by atoms with Gasteiger partial charge in [0.1, 0.15) is 5.82 Å². The van der Waals surface area contributed by atoms with E-state index >= 15 is 0 Å². The standard InChI is InChI=1S/C15H20N4/c1-3-19(11-13-6-8-17-9-7-13)15-5-4-14(10-16)12(2)18-15/h4-9H,3,10-11,16H2,1-2H3. The van der Waals surface area contributed by atoms with Crippen LogP contribution in [0, 0.1) is 6.92 Å². The Morgan fingerprint density at radius 3 is 2.47 bits per heavy atom. The van der Waals surface area contributed by atoms with Crippen LogP contribution >= 0.6 is 0 Å². The van der Waals surface area contributed by atoms with E-state index in [1.54, 1.807) is 0 Å². The summed E-state index contributed by atoms with van der Waals surface area (Å²) in [4.78, 5) is 10.9. The van der Waals surface area contributed by atoms with E-state index in [1.165, 1.54) is 5.56 Å². The lowest BCUT2D eigenvalue weighted by Gasteiger charge is -2.22. The first-order chi connectivity index (χ1) is 9.24. The van der Waals surface area contributed by atoms with Crippen LogP contribution in [0.3, 0.4) is 0 Å². The van der Waals surface area contributed by atoms with Crippen molar-refractivity contribution < 1.29 is 0 Å². The van der Waals surface area contributed by atoms with Crippen LogP contribution in [-0.2, 0) is 13.1 Å². The lowest BCUT2D eigenvalue weighted by molar-refractivity contribution is 0.806. The monoisotopic (exact) mass is 256 g/mol. The second kappa shape index (κ2) is 6.29. The van der Waals surface area contributed by atoms with Crippen molar-refractivity contribution in [2.24, 2.45) is 5.73 Å². The molecular weight excluding hydrogens is 236 g/mol. The number of aryl methyl sites for hydroxylation is 1. The Bertz CT molecular complexity index is 525. The van der Waals surface area contributed by atoms with E-state index < -0.39 is 0 Å². The molecule has 100 valence electrons. The molecule has 2 rings (SSSR count). The highest BCUT2D eigenvalue weighted by Crippen LogP contribution is 2.16. The highest BCUT2D eigenvalue weighted by Gasteiger charge is 2.08. The molecule has 0 amide bonds. The van der Waals surface area contributed by atoms with Crippen molar-refractivity contribution in [3.05, 3.63) is 53.5 Å². The SMILES string of the molecule is CCN(Cc1ccncc1)c1ccc(CN)c(C)n1. The summed E-state index contributed by atoms with van der Waals surface area (Å²) >= 11 is 0. The minimum Gasteiger partial charge on any atom is -0.353 e. The van der Waals surface area contributed by atoms with Gasteiger partial charge in [-0.1, -0.05) is 6.07 Å². The Morgan fingerprint density at radius 2 is 1.89 bits per heavy atom. The van der Waals surface area contributed by atoms with Crippen molar-refractivity contribution in [1.29, 1.82) is 0 Å². The first kappa shape index (κ1) is 13.5. The molecule has 0 unspecified atom stereocenters. The van der Waals surface area contributed by atoms with Crippen LogP contribution in [0.2, 0.25) is 0 Å². The molecule has 0 bridgehead atoms. The number of nitrogens with zero attached hydrogens (tertiary/aromatic N) is 3. The van der Waals surface area contributed by atoms with Gasteiger partial charge in [0.15, 0.2) is 0 Å². The number of pyridine rings is 2. The van der Waals surface area contributed by atoms with E-state index in [1.807, 2.05) is 37.5 Å². The zero-order valence-electron chi connectivity index (χ0n) is 11.5. The maximum absolute atomic E-state index is 5.67. The topological polar surface area (TPSA) is 55.0 Å². The molecule has 2 aromatic heterocycles. The minimum absolute atomic E-state index is 0.537. The van der Waals surface area contributed by atoms with Crippen molar-refractivity contribution in [3.8, 4) is 0 Å². The van der Waals surface area contributed by atoms with Gasteiger partial charge in [-0.2, -0.15) is 0 Å². The van der Waals surface area contributed by atoms with E-state index in [0.717, 1.165) is 30.2 Å². The number of hydrogen-bond donors (Lipinski definition) is 1. The van der Waals surface area contributed by atoms with Gasteiger partial charge in [-0.3, -0.25) is 4.98 Å². The molecule has 0 saturated carbocycles. The largest absolute Gasteiger partial charge is 0.353 e. The summed E-state index contributed by atoms with van der Waals surface area (Å²) in [6.45, 7) is 6.43. The molecule has 0 fully saturated rings. The van der Waals surface area contributed by atoms with Crippen molar-refractivity contribution in [2.75, 3.05) is 11.4 Å². The van der Waals surface area contributed by atoms with Crippen LogP contribution in [0.25, 0.3) is 0 Å². The second-order valence-electron chi connectivity index (χ2n) is 4.49. The summed E-state index contributed by atoms with van der Waals surface area (Å²) in [6.07, 6.45) is 3.64. The van der Waals surface area contributed by atoms with E-state index in [2.05, 4.69) is 27.9 Å². The smallest absolute Gasteiger partial charge is 0.129 e. The van der Waals surface area contributed by atoms with E-state index in [4.69, 9.17) is 5.73 Å². The lowest BCUT2D eigenvalue weighted by Crippen LogP contribution is -2.23. The normalized spacial score (nSPS) is 10.5. The Kier molecular flexibility index (Phi) is 4.47. The third-order valence-corrected chi connectivity index (χ3v) is 3.23. The molecule has 2 N–H and O–H groups in total. The molecule has 0 aliphatic carbocycles. The van der Waals surface area contributed by atoms with Crippen molar-refractivity contribution >= 4 is 5.82 Å². The molecule has 0 aromatic carbocycles. The zero-order valence-corrected chi connectivity index (χ0v) is 11.5. The second-order valence-corrected chi connectivity index (χ2v) is 4.49. The van der Waals surface area contributed by atoms with E-state index in [-0.39, 0.29) is 0 Å². The number of aromatic nitrogens is 2. The molecule has 2 aromatic rings. The molecule has 0 atom stereocenters. The van der Waals surface area contributed by atoms with Crippen LogP contribution < -0.4 is 10.6 Å². The van der Waals surface area contributed by atoms with Gasteiger partial charge in [0, 0.05) is 37.7 Å². The van der Waals surface area contributed by atoms with Gasteiger partial charge >= 0.3 is 0 Å². The first-order valence-corrected chi connectivity index (χ1v) is 6.55. The predicted octanol–water partition coefficient (Wildman–Crippen LogP) is 2.27. The average molecular weight is 256 g/mol. The average Bonchev–Trinajstić information content (AvgIpc) is 2.46. The van der Waals surface area contributed by atoms with Crippen LogP contribution in [0.1, 0.15) is 23.7 Å². The lowest BCUT2D eigenvalue weighted by atomic mass is 10.2. The number of rotatable bonds is 5. The summed E-state index contributed by atoms with van der Waals surface area (Å²) in [5, 5.41) is 0. The summed E-state index contributed by atoms with van der Waals surface area (Å²) < 4.78 is 0. The highest BCUT2D eigenvalue weighted by molar-refractivity contribution is 5.42. The minimum atomic E-state index is 0.537. The first-order valence-electron chi connectivity index (χ1n) is 6.55. The van der Waals surface area contributed by atoms with Crippen LogP contribution in [0.4, 0.5) is 5.82 Å². The summed E-state index contributed by atoms with van der Waals surface area (Å²) in [6, 6.07) is 8.17. The molecular formula is C15H20N4. The maximum atomic E-state index is 5.67.